The number of hydrogen-bond donors (Lipinski definition) is 2. The molecule has 1 rings (SSSR count). The molecule has 0 bridgehead atoms. The van der Waals surface area contributed by atoms with Gasteiger partial charge in [0, 0.05) is 25.8 Å². The Morgan fingerprint density at radius 1 is 1.32 bits per heavy atom. The van der Waals surface area contributed by atoms with Gasteiger partial charge in [0.05, 0.1) is 19.2 Å². The Bertz CT molecular complexity index is 464. The van der Waals surface area contributed by atoms with Crippen LogP contribution in [0.4, 0.5) is 8.78 Å². The van der Waals surface area contributed by atoms with Gasteiger partial charge in [-0.3, -0.25) is 4.79 Å². The molecule has 0 saturated heterocycles. The van der Waals surface area contributed by atoms with Crippen molar-refractivity contribution >= 4 is 5.91 Å². The molecule has 1 amide bonds. The third-order valence-corrected chi connectivity index (χ3v) is 3.22. The molecular formula is C15H23F2N3O2. The number of halogens is 2. The summed E-state index contributed by atoms with van der Waals surface area (Å²) >= 11 is 0. The summed E-state index contributed by atoms with van der Waals surface area (Å²) in [5.41, 5.74) is -0.0415. The first-order chi connectivity index (χ1) is 10.5. The summed E-state index contributed by atoms with van der Waals surface area (Å²) in [7, 11) is 4.99. The second-order valence-corrected chi connectivity index (χ2v) is 5.09. The standard InChI is InChI=1S/C15H23F2N3O2/c1-20(2)13(15-11(16)5-4-6-12(15)17)9-19-14(21)10-18-7-8-22-3/h4-6,13,18H,7-10H2,1-3H3,(H,19,21). The van der Waals surface area contributed by atoms with Crippen molar-refractivity contribution in [3.8, 4) is 0 Å². The van der Waals surface area contributed by atoms with Crippen molar-refractivity contribution in [3.05, 3.63) is 35.4 Å². The lowest BCUT2D eigenvalue weighted by molar-refractivity contribution is -0.120. The second-order valence-electron chi connectivity index (χ2n) is 5.09. The van der Waals surface area contributed by atoms with Crippen molar-refractivity contribution in [2.45, 2.75) is 6.04 Å². The maximum absolute atomic E-state index is 13.9. The van der Waals surface area contributed by atoms with Crippen LogP contribution in [0, 0.1) is 11.6 Å². The number of carbonyl (C=O) groups excluding carboxylic acids is 1. The maximum atomic E-state index is 13.9. The van der Waals surface area contributed by atoms with Crippen LogP contribution in [0.25, 0.3) is 0 Å². The molecule has 1 aromatic rings. The summed E-state index contributed by atoms with van der Waals surface area (Å²) in [6.45, 7) is 1.32. The quantitative estimate of drug-likeness (QED) is 0.666. The lowest BCUT2D eigenvalue weighted by Crippen LogP contribution is -2.40. The van der Waals surface area contributed by atoms with Crippen LogP contribution in [0.1, 0.15) is 11.6 Å². The van der Waals surface area contributed by atoms with Gasteiger partial charge in [0.15, 0.2) is 0 Å². The molecule has 0 fully saturated rings. The van der Waals surface area contributed by atoms with E-state index < -0.39 is 17.7 Å². The first-order valence-electron chi connectivity index (χ1n) is 7.04. The van der Waals surface area contributed by atoms with Gasteiger partial charge >= 0.3 is 0 Å². The van der Waals surface area contributed by atoms with Gasteiger partial charge < -0.3 is 20.3 Å². The Kier molecular flexibility index (Phi) is 7.94. The summed E-state index contributed by atoms with van der Waals surface area (Å²) < 4.78 is 32.6. The highest BCUT2D eigenvalue weighted by molar-refractivity contribution is 5.78. The first kappa shape index (κ1) is 18.5. The van der Waals surface area contributed by atoms with Crippen molar-refractivity contribution in [1.29, 1.82) is 0 Å². The number of ether oxygens (including phenoxy) is 1. The highest BCUT2D eigenvalue weighted by atomic mass is 19.1. The number of methoxy groups -OCH3 is 1. The van der Waals surface area contributed by atoms with Crippen molar-refractivity contribution in [3.63, 3.8) is 0 Å². The van der Waals surface area contributed by atoms with E-state index in [0.717, 1.165) is 0 Å². The fraction of sp³-hybridized carbons (Fsp3) is 0.533. The lowest BCUT2D eigenvalue weighted by atomic mass is 10.0. The largest absolute Gasteiger partial charge is 0.383 e. The van der Waals surface area contributed by atoms with Gasteiger partial charge in [0.2, 0.25) is 5.91 Å². The molecule has 1 atom stereocenters. The molecule has 0 aliphatic heterocycles. The van der Waals surface area contributed by atoms with Crippen molar-refractivity contribution in [2.24, 2.45) is 0 Å². The molecule has 0 aliphatic carbocycles. The molecule has 0 saturated carbocycles. The lowest BCUT2D eigenvalue weighted by Gasteiger charge is -2.25. The molecule has 5 nitrogen and oxygen atoms in total. The Labute approximate surface area is 129 Å². The molecule has 0 heterocycles. The van der Waals surface area contributed by atoms with Crippen molar-refractivity contribution < 1.29 is 18.3 Å². The summed E-state index contributed by atoms with van der Waals surface area (Å²) in [6.07, 6.45) is 0. The van der Waals surface area contributed by atoms with Crippen molar-refractivity contribution in [2.75, 3.05) is 47.4 Å². The smallest absolute Gasteiger partial charge is 0.234 e. The Morgan fingerprint density at radius 3 is 2.50 bits per heavy atom. The molecule has 1 unspecified atom stereocenters. The van der Waals surface area contributed by atoms with E-state index in [2.05, 4.69) is 10.6 Å². The number of carbonyl (C=O) groups is 1. The monoisotopic (exact) mass is 315 g/mol. The molecule has 0 aromatic heterocycles. The molecule has 0 aliphatic rings. The van der Waals surface area contributed by atoms with Crippen LogP contribution in [-0.2, 0) is 9.53 Å². The van der Waals surface area contributed by atoms with E-state index in [1.807, 2.05) is 0 Å². The average Bonchev–Trinajstić information content (AvgIpc) is 2.46. The summed E-state index contributed by atoms with van der Waals surface area (Å²) in [5, 5.41) is 5.58. The molecule has 22 heavy (non-hydrogen) atoms. The highest BCUT2D eigenvalue weighted by Crippen LogP contribution is 2.23. The normalized spacial score (nSPS) is 12.5. The molecule has 7 heteroatoms. The average molecular weight is 315 g/mol. The summed E-state index contributed by atoms with van der Waals surface area (Å²) in [4.78, 5) is 13.4. The Hall–Kier alpha value is -1.57. The molecule has 2 N–H and O–H groups in total. The van der Waals surface area contributed by atoms with Crippen LogP contribution in [-0.4, -0.2) is 58.3 Å². The van der Waals surface area contributed by atoms with Gasteiger partial charge in [0.25, 0.3) is 0 Å². The van der Waals surface area contributed by atoms with E-state index in [4.69, 9.17) is 4.74 Å². The SMILES string of the molecule is COCCNCC(=O)NCC(c1c(F)cccc1F)N(C)C. The van der Waals surface area contributed by atoms with Gasteiger partial charge in [-0.1, -0.05) is 6.07 Å². The minimum Gasteiger partial charge on any atom is -0.383 e. The van der Waals surface area contributed by atoms with E-state index in [1.54, 1.807) is 26.1 Å². The van der Waals surface area contributed by atoms with Crippen LogP contribution in [0.2, 0.25) is 0 Å². The Balaban J connectivity index is 2.61. The number of benzene rings is 1. The minimum absolute atomic E-state index is 0.0415. The predicted molar refractivity (Wildman–Crippen MR) is 80.5 cm³/mol. The van der Waals surface area contributed by atoms with Gasteiger partial charge in [-0.05, 0) is 26.2 Å². The number of nitrogens with zero attached hydrogens (tertiary/aromatic N) is 1. The van der Waals surface area contributed by atoms with Crippen LogP contribution < -0.4 is 10.6 Å². The van der Waals surface area contributed by atoms with E-state index >= 15 is 0 Å². The number of nitrogens with one attached hydrogen (secondary N) is 2. The Morgan fingerprint density at radius 2 is 1.95 bits per heavy atom. The first-order valence-corrected chi connectivity index (χ1v) is 7.04. The highest BCUT2D eigenvalue weighted by Gasteiger charge is 2.22. The number of amides is 1. The molecular weight excluding hydrogens is 292 g/mol. The topological polar surface area (TPSA) is 53.6 Å². The number of rotatable bonds is 9. The van der Waals surface area contributed by atoms with Crippen LogP contribution >= 0.6 is 0 Å². The van der Waals surface area contributed by atoms with Crippen LogP contribution in [0.3, 0.4) is 0 Å². The second kappa shape index (κ2) is 9.45. The maximum Gasteiger partial charge on any atom is 0.234 e. The van der Waals surface area contributed by atoms with Gasteiger partial charge in [0.1, 0.15) is 11.6 Å². The minimum atomic E-state index is -0.619. The number of hydrogen-bond acceptors (Lipinski definition) is 4. The number of likely N-dealkylation sites (N-methyl/N-ethyl adjacent to an activating group) is 1. The van der Waals surface area contributed by atoms with E-state index in [9.17, 15) is 13.6 Å². The zero-order valence-corrected chi connectivity index (χ0v) is 13.2. The molecule has 0 spiro atoms. The van der Waals surface area contributed by atoms with Crippen molar-refractivity contribution in [1.82, 2.24) is 15.5 Å². The van der Waals surface area contributed by atoms with Gasteiger partial charge in [-0.2, -0.15) is 0 Å². The van der Waals surface area contributed by atoms with Gasteiger partial charge in [-0.15, -0.1) is 0 Å². The third kappa shape index (κ3) is 5.67. The van der Waals surface area contributed by atoms with Crippen LogP contribution in [0.15, 0.2) is 18.2 Å². The fourth-order valence-electron chi connectivity index (χ4n) is 2.02. The van der Waals surface area contributed by atoms with E-state index in [0.29, 0.717) is 13.2 Å². The predicted octanol–water partition coefficient (Wildman–Crippen LogP) is 0.920. The fourth-order valence-corrected chi connectivity index (χ4v) is 2.02. The molecule has 124 valence electrons. The van der Waals surface area contributed by atoms with E-state index in [-0.39, 0.29) is 24.6 Å². The molecule has 0 radical (unpaired) electrons. The third-order valence-electron chi connectivity index (χ3n) is 3.22. The zero-order chi connectivity index (χ0) is 16.5. The van der Waals surface area contributed by atoms with Gasteiger partial charge in [-0.25, -0.2) is 8.78 Å². The molecule has 1 aromatic carbocycles. The zero-order valence-electron chi connectivity index (χ0n) is 13.2. The summed E-state index contributed by atoms with van der Waals surface area (Å²) in [6, 6.07) is 3.16. The van der Waals surface area contributed by atoms with Crippen LogP contribution in [0.5, 0.6) is 0 Å². The summed E-state index contributed by atoms with van der Waals surface area (Å²) in [5.74, 6) is -1.47. The van der Waals surface area contributed by atoms with E-state index in [1.165, 1.54) is 18.2 Å².